The Hall–Kier alpha value is -1.35. The summed E-state index contributed by atoms with van der Waals surface area (Å²) in [6.07, 6.45) is 2.11. The van der Waals surface area contributed by atoms with Crippen LogP contribution in [0.3, 0.4) is 0 Å². The van der Waals surface area contributed by atoms with Crippen molar-refractivity contribution in [2.75, 3.05) is 11.9 Å². The number of para-hydroxylation sites is 1. The number of hydrogen-bond acceptors (Lipinski definition) is 1. The van der Waals surface area contributed by atoms with Gasteiger partial charge >= 0.3 is 0 Å². The van der Waals surface area contributed by atoms with Crippen molar-refractivity contribution >= 4 is 23.0 Å². The summed E-state index contributed by atoms with van der Waals surface area (Å²) in [5.41, 5.74) is 4.89. The van der Waals surface area contributed by atoms with Crippen molar-refractivity contribution in [2.24, 2.45) is 0 Å². The first-order chi connectivity index (χ1) is 9.49. The van der Waals surface area contributed by atoms with Gasteiger partial charge in [-0.1, -0.05) is 51.1 Å². The molecule has 1 unspecified atom stereocenters. The Morgan fingerprint density at radius 1 is 1.35 bits per heavy atom. The molecule has 3 heteroatoms. The lowest BCUT2D eigenvalue weighted by molar-refractivity contribution is 0.734. The molecule has 0 spiro atoms. The molecule has 0 aliphatic rings. The molecule has 0 bridgehead atoms. The molecule has 0 saturated carbocycles. The van der Waals surface area contributed by atoms with Gasteiger partial charge < -0.3 is 10.6 Å². The summed E-state index contributed by atoms with van der Waals surface area (Å²) in [7, 11) is 0. The largest absolute Gasteiger partial charge is 0.359 e. The smallest absolute Gasteiger partial charge is 0.171 e. The zero-order chi connectivity index (χ0) is 15.1. The van der Waals surface area contributed by atoms with Crippen molar-refractivity contribution in [1.29, 1.82) is 0 Å². The van der Waals surface area contributed by atoms with Gasteiger partial charge in [0.1, 0.15) is 0 Å². The highest BCUT2D eigenvalue weighted by molar-refractivity contribution is 7.80. The molecule has 0 saturated heterocycles. The SMILES string of the molecule is C=C(C)CNC(=S)Nc1c(CC)cccc1C(C)CC. The Labute approximate surface area is 128 Å². The van der Waals surface area contributed by atoms with E-state index < -0.39 is 0 Å². The molecule has 0 radical (unpaired) electrons. The van der Waals surface area contributed by atoms with Crippen LogP contribution in [0.2, 0.25) is 0 Å². The van der Waals surface area contributed by atoms with Gasteiger partial charge in [-0.15, -0.1) is 0 Å². The van der Waals surface area contributed by atoms with E-state index in [0.717, 1.165) is 18.4 Å². The van der Waals surface area contributed by atoms with Crippen molar-refractivity contribution in [3.63, 3.8) is 0 Å². The van der Waals surface area contributed by atoms with Gasteiger partial charge in [-0.3, -0.25) is 0 Å². The summed E-state index contributed by atoms with van der Waals surface area (Å²) in [5.74, 6) is 0.521. The van der Waals surface area contributed by atoms with E-state index in [1.165, 1.54) is 16.8 Å². The zero-order valence-electron chi connectivity index (χ0n) is 13.0. The number of hydrogen-bond donors (Lipinski definition) is 2. The minimum atomic E-state index is 0.521. The molecule has 1 aromatic rings. The highest BCUT2D eigenvalue weighted by Crippen LogP contribution is 2.30. The number of nitrogens with one attached hydrogen (secondary N) is 2. The Balaban J connectivity index is 2.96. The predicted octanol–water partition coefficient (Wildman–Crippen LogP) is 4.63. The molecule has 2 nitrogen and oxygen atoms in total. The highest BCUT2D eigenvalue weighted by Gasteiger charge is 2.13. The van der Waals surface area contributed by atoms with Crippen LogP contribution < -0.4 is 10.6 Å². The number of anilines is 1. The van der Waals surface area contributed by atoms with Gasteiger partial charge in [0.15, 0.2) is 5.11 Å². The van der Waals surface area contributed by atoms with E-state index in [2.05, 4.69) is 56.2 Å². The van der Waals surface area contributed by atoms with E-state index in [-0.39, 0.29) is 0 Å². The van der Waals surface area contributed by atoms with E-state index in [9.17, 15) is 0 Å². The van der Waals surface area contributed by atoms with Crippen LogP contribution in [0, 0.1) is 0 Å². The summed E-state index contributed by atoms with van der Waals surface area (Å²) in [5, 5.41) is 7.23. The normalized spacial score (nSPS) is 11.8. The highest BCUT2D eigenvalue weighted by atomic mass is 32.1. The molecule has 0 fully saturated rings. The Bertz CT molecular complexity index is 480. The van der Waals surface area contributed by atoms with Crippen LogP contribution in [0.15, 0.2) is 30.4 Å². The van der Waals surface area contributed by atoms with Crippen molar-refractivity contribution in [2.45, 2.75) is 46.5 Å². The zero-order valence-corrected chi connectivity index (χ0v) is 13.9. The summed E-state index contributed by atoms with van der Waals surface area (Å²) >= 11 is 5.38. The monoisotopic (exact) mass is 290 g/mol. The maximum absolute atomic E-state index is 5.38. The Morgan fingerprint density at radius 3 is 2.60 bits per heavy atom. The van der Waals surface area contributed by atoms with Gasteiger partial charge in [-0.05, 0) is 49.0 Å². The minimum Gasteiger partial charge on any atom is -0.359 e. The minimum absolute atomic E-state index is 0.521. The van der Waals surface area contributed by atoms with Crippen molar-refractivity contribution in [1.82, 2.24) is 5.32 Å². The van der Waals surface area contributed by atoms with E-state index in [1.807, 2.05) is 6.92 Å². The summed E-state index contributed by atoms with van der Waals surface area (Å²) in [6.45, 7) is 13.2. The topological polar surface area (TPSA) is 24.1 Å². The van der Waals surface area contributed by atoms with Crippen molar-refractivity contribution < 1.29 is 0 Å². The van der Waals surface area contributed by atoms with Crippen LogP contribution in [-0.2, 0) is 6.42 Å². The van der Waals surface area contributed by atoms with Gasteiger partial charge in [0.05, 0.1) is 0 Å². The average Bonchev–Trinajstić information content (AvgIpc) is 2.44. The molecule has 1 aromatic carbocycles. The van der Waals surface area contributed by atoms with E-state index in [0.29, 0.717) is 17.6 Å². The second-order valence-electron chi connectivity index (χ2n) is 5.31. The lowest BCUT2D eigenvalue weighted by atomic mass is 9.93. The average molecular weight is 290 g/mol. The first-order valence-electron chi connectivity index (χ1n) is 7.30. The fraction of sp³-hybridized carbons (Fsp3) is 0.471. The Morgan fingerprint density at radius 2 is 2.05 bits per heavy atom. The molecular formula is C17H26N2S. The summed E-state index contributed by atoms with van der Waals surface area (Å²) in [4.78, 5) is 0. The van der Waals surface area contributed by atoms with Crippen LogP contribution in [0.5, 0.6) is 0 Å². The molecule has 0 aliphatic heterocycles. The predicted molar refractivity (Wildman–Crippen MR) is 93.6 cm³/mol. The van der Waals surface area contributed by atoms with Gasteiger partial charge in [-0.2, -0.15) is 0 Å². The maximum Gasteiger partial charge on any atom is 0.171 e. The third kappa shape index (κ3) is 4.64. The maximum atomic E-state index is 5.38. The molecule has 0 amide bonds. The van der Waals surface area contributed by atoms with Gasteiger partial charge in [0, 0.05) is 12.2 Å². The standard InChI is InChI=1S/C17H26N2S/c1-6-13(5)15-10-8-9-14(7-2)16(15)19-17(20)18-11-12(3)4/h8-10,13H,3,6-7,11H2,1-2,4-5H3,(H2,18,19,20). The molecule has 0 aliphatic carbocycles. The molecular weight excluding hydrogens is 264 g/mol. The molecule has 2 N–H and O–H groups in total. The molecule has 0 heterocycles. The third-order valence-corrected chi connectivity index (χ3v) is 3.74. The summed E-state index contributed by atoms with van der Waals surface area (Å²) in [6, 6.07) is 6.49. The van der Waals surface area contributed by atoms with Crippen molar-refractivity contribution in [3.8, 4) is 0 Å². The molecule has 0 aromatic heterocycles. The number of aryl methyl sites for hydroxylation is 1. The van der Waals surface area contributed by atoms with E-state index in [4.69, 9.17) is 12.2 Å². The van der Waals surface area contributed by atoms with Crippen LogP contribution in [-0.4, -0.2) is 11.7 Å². The summed E-state index contributed by atoms with van der Waals surface area (Å²) < 4.78 is 0. The third-order valence-electron chi connectivity index (χ3n) is 3.50. The molecule has 1 atom stereocenters. The second-order valence-corrected chi connectivity index (χ2v) is 5.72. The molecule has 1 rings (SSSR count). The van der Waals surface area contributed by atoms with Gasteiger partial charge in [0.2, 0.25) is 0 Å². The fourth-order valence-electron chi connectivity index (χ4n) is 2.09. The van der Waals surface area contributed by atoms with E-state index >= 15 is 0 Å². The van der Waals surface area contributed by atoms with E-state index in [1.54, 1.807) is 0 Å². The van der Waals surface area contributed by atoms with Gasteiger partial charge in [0.25, 0.3) is 0 Å². The van der Waals surface area contributed by atoms with Crippen LogP contribution in [0.4, 0.5) is 5.69 Å². The van der Waals surface area contributed by atoms with Gasteiger partial charge in [-0.25, -0.2) is 0 Å². The second kappa shape index (κ2) is 8.05. The number of benzene rings is 1. The molecule has 110 valence electrons. The number of thiocarbonyl (C=S) groups is 1. The number of rotatable bonds is 6. The molecule has 20 heavy (non-hydrogen) atoms. The quantitative estimate of drug-likeness (QED) is 0.590. The first kappa shape index (κ1) is 16.7. The van der Waals surface area contributed by atoms with Crippen LogP contribution in [0.25, 0.3) is 0 Å². The van der Waals surface area contributed by atoms with Crippen molar-refractivity contribution in [3.05, 3.63) is 41.5 Å². The van der Waals surface area contributed by atoms with Crippen LogP contribution >= 0.6 is 12.2 Å². The lowest BCUT2D eigenvalue weighted by Gasteiger charge is -2.20. The fourth-order valence-corrected chi connectivity index (χ4v) is 2.26. The Kier molecular flexibility index (Phi) is 6.73. The lowest BCUT2D eigenvalue weighted by Crippen LogP contribution is -2.30. The van der Waals surface area contributed by atoms with Crippen LogP contribution in [0.1, 0.15) is 51.2 Å². The first-order valence-corrected chi connectivity index (χ1v) is 7.71.